The number of likely N-dealkylation sites (N-methyl/N-ethyl adjacent to an activating group) is 1. The molecule has 0 unspecified atom stereocenters. The second kappa shape index (κ2) is 10.5. The Labute approximate surface area is 196 Å². The highest BCUT2D eigenvalue weighted by atomic mass is 32.2. The number of ether oxygens (including phenoxy) is 1. The zero-order chi connectivity index (χ0) is 24.2. The molecule has 8 nitrogen and oxygen atoms in total. The van der Waals surface area contributed by atoms with Crippen molar-refractivity contribution < 1.29 is 23.1 Å². The number of carbonyl (C=O) groups is 1. The first-order valence-electron chi connectivity index (χ1n) is 11.0. The largest absolute Gasteiger partial charge is 0.488 e. The zero-order valence-corrected chi connectivity index (χ0v) is 20.4. The van der Waals surface area contributed by atoms with Crippen LogP contribution in [0.1, 0.15) is 29.8 Å². The highest BCUT2D eigenvalue weighted by Crippen LogP contribution is 2.31. The average Bonchev–Trinajstić information content (AvgIpc) is 2.75. The summed E-state index contributed by atoms with van der Waals surface area (Å²) in [6, 6.07) is 14.5. The molecular formula is C24H33N3O5S. The van der Waals surface area contributed by atoms with Gasteiger partial charge in [0.25, 0.3) is 5.91 Å². The predicted molar refractivity (Wildman–Crippen MR) is 129 cm³/mol. The van der Waals surface area contributed by atoms with E-state index in [4.69, 9.17) is 4.74 Å². The molecular weight excluding hydrogens is 442 g/mol. The summed E-state index contributed by atoms with van der Waals surface area (Å²) in [6.45, 7) is 5.46. The molecule has 0 saturated heterocycles. The van der Waals surface area contributed by atoms with Gasteiger partial charge in [-0.3, -0.25) is 14.4 Å². The van der Waals surface area contributed by atoms with Gasteiger partial charge >= 0.3 is 0 Å². The summed E-state index contributed by atoms with van der Waals surface area (Å²) < 4.78 is 32.1. The van der Waals surface area contributed by atoms with E-state index in [1.807, 2.05) is 32.2 Å². The topological polar surface area (TPSA) is 99.2 Å². The lowest BCUT2D eigenvalue weighted by Crippen LogP contribution is -2.49. The van der Waals surface area contributed by atoms with Crippen LogP contribution in [0.15, 0.2) is 48.5 Å². The van der Waals surface area contributed by atoms with Crippen molar-refractivity contribution in [3.63, 3.8) is 0 Å². The number of sulfonamides is 1. The van der Waals surface area contributed by atoms with Gasteiger partial charge in [0, 0.05) is 31.2 Å². The number of aliphatic hydroxyl groups is 1. The molecule has 0 fully saturated rings. The Bertz CT molecular complexity index is 1060. The van der Waals surface area contributed by atoms with Crippen LogP contribution in [0.3, 0.4) is 0 Å². The number of hydrogen-bond acceptors (Lipinski definition) is 6. The van der Waals surface area contributed by atoms with Crippen molar-refractivity contribution in [3.8, 4) is 5.75 Å². The normalized spacial score (nSPS) is 19.9. The molecule has 9 heteroatoms. The number of hydrogen-bond donors (Lipinski definition) is 2. The highest BCUT2D eigenvalue weighted by molar-refractivity contribution is 7.92. The van der Waals surface area contributed by atoms with Crippen LogP contribution in [0, 0.1) is 5.92 Å². The quantitative estimate of drug-likeness (QED) is 0.608. The number of nitrogens with zero attached hydrogens (tertiary/aromatic N) is 2. The Morgan fingerprint density at radius 1 is 1.24 bits per heavy atom. The lowest BCUT2D eigenvalue weighted by atomic mass is 9.99. The minimum atomic E-state index is -3.50. The number of benzene rings is 2. The third kappa shape index (κ3) is 6.69. The lowest BCUT2D eigenvalue weighted by Gasteiger charge is -2.38. The van der Waals surface area contributed by atoms with Crippen LogP contribution < -0.4 is 9.46 Å². The van der Waals surface area contributed by atoms with Gasteiger partial charge in [-0.15, -0.1) is 0 Å². The van der Waals surface area contributed by atoms with E-state index in [0.29, 0.717) is 18.8 Å². The number of carbonyl (C=O) groups excluding carboxylic acids is 1. The fourth-order valence-corrected chi connectivity index (χ4v) is 4.54. The molecule has 0 radical (unpaired) electrons. The van der Waals surface area contributed by atoms with Crippen LogP contribution in [0.5, 0.6) is 5.75 Å². The van der Waals surface area contributed by atoms with Crippen LogP contribution in [0.2, 0.25) is 0 Å². The lowest BCUT2D eigenvalue weighted by molar-refractivity contribution is 0.0341. The van der Waals surface area contributed by atoms with Crippen LogP contribution in [0.25, 0.3) is 0 Å². The number of rotatable bonds is 8. The molecule has 2 aromatic rings. The van der Waals surface area contributed by atoms with E-state index in [1.165, 1.54) is 11.6 Å². The molecule has 3 rings (SSSR count). The number of anilines is 1. The summed E-state index contributed by atoms with van der Waals surface area (Å²) in [5.74, 6) is 0.105. The summed E-state index contributed by atoms with van der Waals surface area (Å²) >= 11 is 0. The number of nitrogens with one attached hydrogen (secondary N) is 1. The third-order valence-electron chi connectivity index (χ3n) is 5.75. The maximum absolute atomic E-state index is 13.4. The molecule has 1 aliphatic rings. The van der Waals surface area contributed by atoms with E-state index in [9.17, 15) is 18.3 Å². The predicted octanol–water partition coefficient (Wildman–Crippen LogP) is 2.41. The zero-order valence-electron chi connectivity index (χ0n) is 19.6. The molecule has 0 aliphatic carbocycles. The molecule has 2 N–H and O–H groups in total. The molecule has 0 saturated carbocycles. The number of aliphatic hydroxyl groups excluding tert-OH is 1. The highest BCUT2D eigenvalue weighted by Gasteiger charge is 2.33. The van der Waals surface area contributed by atoms with Crippen LogP contribution in [0.4, 0.5) is 5.69 Å². The van der Waals surface area contributed by atoms with Gasteiger partial charge in [0.05, 0.1) is 24.5 Å². The molecule has 2 aromatic carbocycles. The third-order valence-corrected chi connectivity index (χ3v) is 6.36. The van der Waals surface area contributed by atoms with Crippen molar-refractivity contribution in [2.75, 3.05) is 37.7 Å². The summed E-state index contributed by atoms with van der Waals surface area (Å²) in [6.07, 6.45) is 0.843. The van der Waals surface area contributed by atoms with Gasteiger partial charge in [-0.25, -0.2) is 8.42 Å². The van der Waals surface area contributed by atoms with Crippen LogP contribution in [-0.4, -0.2) is 74.4 Å². The Hall–Kier alpha value is -2.62. The van der Waals surface area contributed by atoms with Crippen molar-refractivity contribution >= 4 is 21.6 Å². The Balaban J connectivity index is 1.91. The van der Waals surface area contributed by atoms with Gasteiger partial charge in [-0.1, -0.05) is 37.3 Å². The molecule has 1 heterocycles. The monoisotopic (exact) mass is 475 g/mol. The SMILES string of the molecule is C[C@@H]1CN([C@H](C)CO)C(=O)c2cc(NS(C)(=O)=O)ccc2O[C@@H]1CN(C)Cc1ccccc1. The van der Waals surface area contributed by atoms with Crippen molar-refractivity contribution in [2.45, 2.75) is 32.5 Å². The first-order valence-corrected chi connectivity index (χ1v) is 12.9. The summed E-state index contributed by atoms with van der Waals surface area (Å²) in [5.41, 5.74) is 1.75. The Morgan fingerprint density at radius 3 is 2.58 bits per heavy atom. The first-order chi connectivity index (χ1) is 15.6. The van der Waals surface area contributed by atoms with Gasteiger partial charge < -0.3 is 14.7 Å². The summed E-state index contributed by atoms with van der Waals surface area (Å²) in [4.78, 5) is 17.2. The fraction of sp³-hybridized carbons (Fsp3) is 0.458. The molecule has 1 amide bonds. The minimum Gasteiger partial charge on any atom is -0.488 e. The average molecular weight is 476 g/mol. The molecule has 0 aromatic heterocycles. The standard InChI is InChI=1S/C24H33N3O5S/c1-17-13-27(18(2)16-28)24(29)21-12-20(25-33(4,30)31)10-11-22(21)32-23(17)15-26(3)14-19-8-6-5-7-9-19/h5-12,17-18,23,25,28H,13-16H2,1-4H3/t17-,18-,23-/m1/s1. The fourth-order valence-electron chi connectivity index (χ4n) is 3.98. The van der Waals surface area contributed by atoms with Crippen molar-refractivity contribution in [2.24, 2.45) is 5.92 Å². The molecule has 3 atom stereocenters. The van der Waals surface area contributed by atoms with E-state index in [1.54, 1.807) is 24.0 Å². The van der Waals surface area contributed by atoms with Crippen LogP contribution >= 0.6 is 0 Å². The molecule has 33 heavy (non-hydrogen) atoms. The van der Waals surface area contributed by atoms with Crippen molar-refractivity contribution in [1.82, 2.24) is 9.80 Å². The van der Waals surface area contributed by atoms with Crippen molar-refractivity contribution in [3.05, 3.63) is 59.7 Å². The second-order valence-corrected chi connectivity index (χ2v) is 10.6. The second-order valence-electron chi connectivity index (χ2n) is 8.89. The molecule has 0 bridgehead atoms. The van der Waals surface area contributed by atoms with E-state index >= 15 is 0 Å². The van der Waals surface area contributed by atoms with Gasteiger partial charge in [-0.05, 0) is 37.7 Å². The van der Waals surface area contributed by atoms with Gasteiger partial charge in [0.1, 0.15) is 11.9 Å². The summed E-state index contributed by atoms with van der Waals surface area (Å²) in [5, 5.41) is 9.76. The number of fused-ring (bicyclic) bond motifs is 1. The molecule has 1 aliphatic heterocycles. The van der Waals surface area contributed by atoms with E-state index < -0.39 is 10.0 Å². The Kier molecular flexibility index (Phi) is 7.99. The van der Waals surface area contributed by atoms with E-state index in [2.05, 4.69) is 21.8 Å². The van der Waals surface area contributed by atoms with Crippen molar-refractivity contribution in [1.29, 1.82) is 0 Å². The smallest absolute Gasteiger partial charge is 0.258 e. The maximum atomic E-state index is 13.4. The Morgan fingerprint density at radius 2 is 1.94 bits per heavy atom. The molecule has 0 spiro atoms. The van der Waals surface area contributed by atoms with Crippen LogP contribution in [-0.2, 0) is 16.6 Å². The van der Waals surface area contributed by atoms with E-state index in [0.717, 1.165) is 12.8 Å². The summed E-state index contributed by atoms with van der Waals surface area (Å²) in [7, 11) is -1.47. The minimum absolute atomic E-state index is 0.00291. The van der Waals surface area contributed by atoms with Gasteiger partial charge in [-0.2, -0.15) is 0 Å². The van der Waals surface area contributed by atoms with E-state index in [-0.39, 0.29) is 41.8 Å². The molecule has 180 valence electrons. The van der Waals surface area contributed by atoms with Gasteiger partial charge in [0.15, 0.2) is 0 Å². The first kappa shape index (κ1) is 25.0. The van der Waals surface area contributed by atoms with Gasteiger partial charge in [0.2, 0.25) is 10.0 Å². The maximum Gasteiger partial charge on any atom is 0.258 e. The number of amides is 1.